The molecule has 0 radical (unpaired) electrons. The largest absolute Gasteiger partial charge is 0.481 e. The third kappa shape index (κ3) is 6.18. The SMILES string of the molecule is C[C@H](Oc1cccc(Cl)c1)C(=O)N/N=C\c1c(OC(=O)c2ccc(Cl)cc2)ccc2ccccc12. The number of nitrogens with one attached hydrogen (secondary N) is 1. The van der Waals surface area contributed by atoms with E-state index in [1.807, 2.05) is 30.3 Å². The Bertz CT molecular complexity index is 1400. The summed E-state index contributed by atoms with van der Waals surface area (Å²) in [4.78, 5) is 25.2. The highest BCUT2D eigenvalue weighted by Crippen LogP contribution is 2.27. The average molecular weight is 507 g/mol. The molecule has 0 unspecified atom stereocenters. The molecule has 0 heterocycles. The van der Waals surface area contributed by atoms with Crippen LogP contribution in [0, 0.1) is 0 Å². The smallest absolute Gasteiger partial charge is 0.343 e. The fourth-order valence-corrected chi connectivity index (χ4v) is 3.60. The summed E-state index contributed by atoms with van der Waals surface area (Å²) in [5, 5.41) is 6.83. The number of fused-ring (bicyclic) bond motifs is 1. The number of hydrazone groups is 1. The molecule has 0 fully saturated rings. The van der Waals surface area contributed by atoms with Gasteiger partial charge < -0.3 is 9.47 Å². The van der Waals surface area contributed by atoms with E-state index in [-0.39, 0.29) is 0 Å². The lowest BCUT2D eigenvalue weighted by atomic mass is 10.0. The maximum atomic E-state index is 12.7. The fourth-order valence-electron chi connectivity index (χ4n) is 3.29. The van der Waals surface area contributed by atoms with Crippen molar-refractivity contribution in [2.75, 3.05) is 0 Å². The van der Waals surface area contributed by atoms with E-state index in [2.05, 4.69) is 10.5 Å². The van der Waals surface area contributed by atoms with Gasteiger partial charge in [-0.1, -0.05) is 59.6 Å². The van der Waals surface area contributed by atoms with E-state index in [0.717, 1.165) is 10.8 Å². The lowest BCUT2D eigenvalue weighted by molar-refractivity contribution is -0.127. The number of ether oxygens (including phenoxy) is 2. The van der Waals surface area contributed by atoms with Gasteiger partial charge in [0.15, 0.2) is 6.10 Å². The zero-order valence-corrected chi connectivity index (χ0v) is 20.1. The van der Waals surface area contributed by atoms with E-state index in [4.69, 9.17) is 32.7 Å². The molecule has 8 heteroatoms. The van der Waals surface area contributed by atoms with Crippen molar-refractivity contribution in [2.45, 2.75) is 13.0 Å². The molecule has 176 valence electrons. The van der Waals surface area contributed by atoms with Crippen LogP contribution in [-0.2, 0) is 4.79 Å². The lowest BCUT2D eigenvalue weighted by Crippen LogP contribution is -2.33. The molecular weight excluding hydrogens is 487 g/mol. The van der Waals surface area contributed by atoms with Crippen LogP contribution in [-0.4, -0.2) is 24.2 Å². The Kier molecular flexibility index (Phi) is 7.65. The topological polar surface area (TPSA) is 77.0 Å². The summed E-state index contributed by atoms with van der Waals surface area (Å²) < 4.78 is 11.3. The lowest BCUT2D eigenvalue weighted by Gasteiger charge is -2.13. The molecule has 1 N–H and O–H groups in total. The molecule has 4 aromatic rings. The minimum Gasteiger partial charge on any atom is -0.481 e. The van der Waals surface area contributed by atoms with Crippen molar-refractivity contribution in [3.05, 3.63) is 106 Å². The van der Waals surface area contributed by atoms with Crippen LogP contribution in [0.15, 0.2) is 90.0 Å². The summed E-state index contributed by atoms with van der Waals surface area (Å²) >= 11 is 11.9. The summed E-state index contributed by atoms with van der Waals surface area (Å²) in [5.41, 5.74) is 3.36. The molecule has 1 atom stereocenters. The second kappa shape index (κ2) is 11.0. The number of carbonyl (C=O) groups excluding carboxylic acids is 2. The molecule has 0 aliphatic heterocycles. The van der Waals surface area contributed by atoms with Gasteiger partial charge in [0.2, 0.25) is 0 Å². The number of nitrogens with zero attached hydrogens (tertiary/aromatic N) is 1. The van der Waals surface area contributed by atoms with Gasteiger partial charge in [-0.3, -0.25) is 4.79 Å². The fraction of sp³-hybridized carbons (Fsp3) is 0.0741. The summed E-state index contributed by atoms with van der Waals surface area (Å²) in [5.74, 6) is -0.236. The molecule has 0 aromatic heterocycles. The molecule has 35 heavy (non-hydrogen) atoms. The number of esters is 1. The van der Waals surface area contributed by atoms with Crippen LogP contribution in [0.5, 0.6) is 11.5 Å². The van der Waals surface area contributed by atoms with Gasteiger partial charge in [-0.15, -0.1) is 0 Å². The number of hydrogen-bond donors (Lipinski definition) is 1. The second-order valence-corrected chi connectivity index (χ2v) is 8.42. The summed E-state index contributed by atoms with van der Waals surface area (Å²) in [7, 11) is 0. The number of amides is 1. The van der Waals surface area contributed by atoms with Crippen LogP contribution >= 0.6 is 23.2 Å². The maximum Gasteiger partial charge on any atom is 0.343 e. The van der Waals surface area contributed by atoms with E-state index in [1.54, 1.807) is 61.5 Å². The van der Waals surface area contributed by atoms with Crippen molar-refractivity contribution in [3.8, 4) is 11.5 Å². The van der Waals surface area contributed by atoms with Crippen LogP contribution in [0.1, 0.15) is 22.8 Å². The van der Waals surface area contributed by atoms with Gasteiger partial charge in [-0.25, -0.2) is 10.2 Å². The van der Waals surface area contributed by atoms with E-state index in [0.29, 0.717) is 32.7 Å². The van der Waals surface area contributed by atoms with Gasteiger partial charge in [0, 0.05) is 15.6 Å². The third-order valence-corrected chi connectivity index (χ3v) is 5.55. The first-order valence-corrected chi connectivity index (χ1v) is 11.4. The predicted molar refractivity (Wildman–Crippen MR) is 138 cm³/mol. The Morgan fingerprint density at radius 2 is 1.69 bits per heavy atom. The van der Waals surface area contributed by atoms with Crippen molar-refractivity contribution in [3.63, 3.8) is 0 Å². The normalized spacial score (nSPS) is 11.9. The van der Waals surface area contributed by atoms with Gasteiger partial charge in [-0.05, 0) is 66.2 Å². The van der Waals surface area contributed by atoms with Gasteiger partial charge in [-0.2, -0.15) is 5.10 Å². The summed E-state index contributed by atoms with van der Waals surface area (Å²) in [6.07, 6.45) is 0.622. The molecule has 0 saturated heterocycles. The Morgan fingerprint density at radius 3 is 2.46 bits per heavy atom. The zero-order valence-electron chi connectivity index (χ0n) is 18.6. The molecule has 4 rings (SSSR count). The molecular formula is C27H20Cl2N2O4. The number of hydrogen-bond acceptors (Lipinski definition) is 5. The average Bonchev–Trinajstić information content (AvgIpc) is 2.85. The van der Waals surface area contributed by atoms with Crippen LogP contribution in [0.25, 0.3) is 10.8 Å². The standard InChI is InChI=1S/C27H20Cl2N2O4/c1-17(34-22-7-4-6-21(29)15-22)26(32)31-30-16-24-23-8-3-2-5-18(23)11-14-25(24)35-27(33)19-9-12-20(28)13-10-19/h2-17H,1H3,(H,31,32)/b30-16-/t17-/m0/s1. The monoisotopic (exact) mass is 506 g/mol. The highest BCUT2D eigenvalue weighted by atomic mass is 35.5. The highest BCUT2D eigenvalue weighted by Gasteiger charge is 2.16. The second-order valence-electron chi connectivity index (χ2n) is 7.55. The maximum absolute atomic E-state index is 12.7. The van der Waals surface area contributed by atoms with Crippen LogP contribution in [0.4, 0.5) is 0 Å². The number of rotatable bonds is 7. The van der Waals surface area contributed by atoms with E-state index >= 15 is 0 Å². The van der Waals surface area contributed by atoms with Crippen molar-refractivity contribution in [2.24, 2.45) is 5.10 Å². The molecule has 0 aliphatic rings. The minimum absolute atomic E-state index is 0.296. The molecule has 4 aromatic carbocycles. The van der Waals surface area contributed by atoms with Crippen molar-refractivity contribution >= 4 is 52.1 Å². The van der Waals surface area contributed by atoms with Crippen LogP contribution in [0.2, 0.25) is 10.0 Å². The Balaban J connectivity index is 1.53. The van der Waals surface area contributed by atoms with Crippen molar-refractivity contribution in [1.82, 2.24) is 5.43 Å². The van der Waals surface area contributed by atoms with E-state index in [9.17, 15) is 9.59 Å². The van der Waals surface area contributed by atoms with Gasteiger partial charge >= 0.3 is 5.97 Å². The quantitative estimate of drug-likeness (QED) is 0.138. The molecule has 0 bridgehead atoms. The number of halogens is 2. The zero-order chi connectivity index (χ0) is 24.8. The summed E-state index contributed by atoms with van der Waals surface area (Å²) in [6, 6.07) is 24.3. The van der Waals surface area contributed by atoms with Crippen LogP contribution < -0.4 is 14.9 Å². The Morgan fingerprint density at radius 1 is 0.914 bits per heavy atom. The predicted octanol–water partition coefficient (Wildman–Crippen LogP) is 6.28. The number of carbonyl (C=O) groups is 2. The van der Waals surface area contributed by atoms with Gasteiger partial charge in [0.1, 0.15) is 11.5 Å². The van der Waals surface area contributed by atoms with Gasteiger partial charge in [0.05, 0.1) is 11.8 Å². The van der Waals surface area contributed by atoms with Crippen molar-refractivity contribution in [1.29, 1.82) is 0 Å². The summed E-state index contributed by atoms with van der Waals surface area (Å²) in [6.45, 7) is 1.60. The van der Waals surface area contributed by atoms with Crippen molar-refractivity contribution < 1.29 is 19.1 Å². The molecule has 0 aliphatic carbocycles. The van der Waals surface area contributed by atoms with E-state index in [1.165, 1.54) is 6.21 Å². The Hall–Kier alpha value is -3.87. The van der Waals surface area contributed by atoms with E-state index < -0.39 is 18.0 Å². The first-order valence-electron chi connectivity index (χ1n) is 10.7. The van der Waals surface area contributed by atoms with Crippen LogP contribution in [0.3, 0.4) is 0 Å². The highest BCUT2D eigenvalue weighted by molar-refractivity contribution is 6.31. The third-order valence-electron chi connectivity index (χ3n) is 5.06. The molecule has 1 amide bonds. The molecule has 0 spiro atoms. The molecule has 6 nitrogen and oxygen atoms in total. The minimum atomic E-state index is -0.819. The molecule has 0 saturated carbocycles. The van der Waals surface area contributed by atoms with Gasteiger partial charge in [0.25, 0.3) is 5.91 Å². The number of benzene rings is 4. The first kappa shape index (κ1) is 24.3. The first-order chi connectivity index (χ1) is 16.9. The Labute approximate surface area is 212 Å².